The molecule has 6 rings (SSSR count). The Morgan fingerprint density at radius 2 is 1.55 bits per heavy atom. The van der Waals surface area contributed by atoms with Crippen molar-refractivity contribution in [2.75, 3.05) is 24.6 Å². The molecule has 5 nitrogen and oxygen atoms in total. The first-order chi connectivity index (χ1) is 13.9. The molecule has 0 aromatic heterocycles. The molecular formula is C22H23Cl2N3O2. The Morgan fingerprint density at radius 1 is 0.966 bits per heavy atom. The van der Waals surface area contributed by atoms with Gasteiger partial charge in [0.15, 0.2) is 6.61 Å². The van der Waals surface area contributed by atoms with Crippen molar-refractivity contribution in [2.45, 2.75) is 36.4 Å². The SMILES string of the molecule is O=C(COc1ccc(Cl)cc1)NC12CC(NC3CN(c4ccc(Cl)cc4)C3)(C1)C2. The first-order valence-electron chi connectivity index (χ1n) is 9.90. The maximum absolute atomic E-state index is 12.2. The fourth-order valence-corrected chi connectivity index (χ4v) is 5.20. The van der Waals surface area contributed by atoms with Gasteiger partial charge < -0.3 is 20.3 Å². The molecule has 1 heterocycles. The zero-order valence-electron chi connectivity index (χ0n) is 16.0. The van der Waals surface area contributed by atoms with Gasteiger partial charge in [-0.05, 0) is 67.8 Å². The fraction of sp³-hybridized carbons (Fsp3) is 0.409. The van der Waals surface area contributed by atoms with Gasteiger partial charge in [0.1, 0.15) is 5.75 Å². The molecule has 152 valence electrons. The molecule has 2 aromatic rings. The van der Waals surface area contributed by atoms with Gasteiger partial charge in [-0.1, -0.05) is 23.2 Å². The summed E-state index contributed by atoms with van der Waals surface area (Å²) >= 11 is 11.8. The van der Waals surface area contributed by atoms with Crippen LogP contribution < -0.4 is 20.3 Å². The number of amides is 1. The third-order valence-corrected chi connectivity index (χ3v) is 6.71. The average Bonchev–Trinajstić information content (AvgIpc) is 2.61. The van der Waals surface area contributed by atoms with E-state index in [1.165, 1.54) is 5.69 Å². The van der Waals surface area contributed by atoms with Crippen LogP contribution in [0.15, 0.2) is 48.5 Å². The first-order valence-corrected chi connectivity index (χ1v) is 10.7. The number of nitrogens with one attached hydrogen (secondary N) is 2. The maximum atomic E-state index is 12.2. The van der Waals surface area contributed by atoms with E-state index < -0.39 is 0 Å². The zero-order valence-corrected chi connectivity index (χ0v) is 17.5. The van der Waals surface area contributed by atoms with Gasteiger partial charge >= 0.3 is 0 Å². The molecular weight excluding hydrogens is 409 g/mol. The lowest BCUT2D eigenvalue weighted by molar-refractivity contribution is -0.145. The van der Waals surface area contributed by atoms with Crippen LogP contribution in [0.1, 0.15) is 19.3 Å². The van der Waals surface area contributed by atoms with Crippen LogP contribution in [-0.2, 0) is 4.79 Å². The predicted molar refractivity (Wildman–Crippen MR) is 115 cm³/mol. The first kappa shape index (κ1) is 19.0. The highest BCUT2D eigenvalue weighted by Gasteiger charge is 2.69. The van der Waals surface area contributed by atoms with Crippen molar-refractivity contribution in [3.05, 3.63) is 58.6 Å². The lowest BCUT2D eigenvalue weighted by Gasteiger charge is -2.72. The molecule has 0 spiro atoms. The van der Waals surface area contributed by atoms with Crippen LogP contribution in [0.25, 0.3) is 0 Å². The number of hydrogen-bond acceptors (Lipinski definition) is 4. The van der Waals surface area contributed by atoms with Gasteiger partial charge in [-0.15, -0.1) is 0 Å². The number of carbonyl (C=O) groups is 1. The second-order valence-electron chi connectivity index (χ2n) is 8.60. The van der Waals surface area contributed by atoms with Crippen LogP contribution >= 0.6 is 23.2 Å². The fourth-order valence-electron chi connectivity index (χ4n) is 4.95. The number of benzene rings is 2. The summed E-state index contributed by atoms with van der Waals surface area (Å²) < 4.78 is 5.53. The van der Waals surface area contributed by atoms with Crippen molar-refractivity contribution in [1.82, 2.24) is 10.6 Å². The molecule has 3 saturated carbocycles. The normalized spacial score (nSPS) is 27.4. The molecule has 2 aromatic carbocycles. The molecule has 29 heavy (non-hydrogen) atoms. The summed E-state index contributed by atoms with van der Waals surface area (Å²) in [6.45, 7) is 2.05. The van der Waals surface area contributed by atoms with Crippen LogP contribution in [0.2, 0.25) is 10.0 Å². The van der Waals surface area contributed by atoms with Gasteiger partial charge in [0.25, 0.3) is 5.91 Å². The van der Waals surface area contributed by atoms with Crippen molar-refractivity contribution in [3.63, 3.8) is 0 Å². The molecule has 2 N–H and O–H groups in total. The summed E-state index contributed by atoms with van der Waals surface area (Å²) in [4.78, 5) is 14.6. The van der Waals surface area contributed by atoms with Crippen molar-refractivity contribution in [3.8, 4) is 5.75 Å². The minimum absolute atomic E-state index is 0.0302. The lowest BCUT2D eigenvalue weighted by atomic mass is 9.44. The van der Waals surface area contributed by atoms with Crippen molar-refractivity contribution in [1.29, 1.82) is 0 Å². The summed E-state index contributed by atoms with van der Waals surface area (Å²) in [5, 5.41) is 8.38. The maximum Gasteiger partial charge on any atom is 0.258 e. The number of halogens is 2. The number of nitrogens with zero attached hydrogens (tertiary/aromatic N) is 1. The van der Waals surface area contributed by atoms with E-state index in [2.05, 4.69) is 27.7 Å². The largest absolute Gasteiger partial charge is 0.484 e. The average molecular weight is 432 g/mol. The third-order valence-electron chi connectivity index (χ3n) is 6.20. The van der Waals surface area contributed by atoms with E-state index in [-0.39, 0.29) is 23.6 Å². The smallest absolute Gasteiger partial charge is 0.258 e. The van der Waals surface area contributed by atoms with Crippen LogP contribution in [0, 0.1) is 0 Å². The molecule has 0 radical (unpaired) electrons. The summed E-state index contributed by atoms with van der Waals surface area (Å²) in [6, 6.07) is 15.5. The molecule has 7 heteroatoms. The molecule has 4 aliphatic rings. The lowest BCUT2D eigenvalue weighted by Crippen LogP contribution is -2.85. The highest BCUT2D eigenvalue weighted by molar-refractivity contribution is 6.30. The molecule has 1 amide bonds. The van der Waals surface area contributed by atoms with Crippen LogP contribution in [0.3, 0.4) is 0 Å². The van der Waals surface area contributed by atoms with Crippen molar-refractivity contribution in [2.24, 2.45) is 0 Å². The second-order valence-corrected chi connectivity index (χ2v) is 9.48. The van der Waals surface area contributed by atoms with E-state index in [1.54, 1.807) is 24.3 Å². The number of hydrogen-bond donors (Lipinski definition) is 2. The topological polar surface area (TPSA) is 53.6 Å². The van der Waals surface area contributed by atoms with Crippen molar-refractivity contribution >= 4 is 34.8 Å². The Balaban J connectivity index is 1.03. The number of carbonyl (C=O) groups excluding carboxylic acids is 1. The Bertz CT molecular complexity index is 891. The van der Waals surface area contributed by atoms with E-state index >= 15 is 0 Å². The van der Waals surface area contributed by atoms with Gasteiger partial charge in [0.05, 0.1) is 0 Å². The van der Waals surface area contributed by atoms with Crippen LogP contribution in [0.4, 0.5) is 5.69 Å². The third kappa shape index (κ3) is 3.79. The summed E-state index contributed by atoms with van der Waals surface area (Å²) in [6.07, 6.45) is 3.01. The molecule has 3 aliphatic carbocycles. The molecule has 1 aliphatic heterocycles. The number of ether oxygens (including phenoxy) is 1. The van der Waals surface area contributed by atoms with Gasteiger partial charge in [-0.25, -0.2) is 0 Å². The highest BCUT2D eigenvalue weighted by atomic mass is 35.5. The van der Waals surface area contributed by atoms with E-state index in [0.29, 0.717) is 16.8 Å². The second kappa shape index (κ2) is 7.08. The summed E-state index contributed by atoms with van der Waals surface area (Å²) in [5.74, 6) is 0.585. The molecule has 2 bridgehead atoms. The highest BCUT2D eigenvalue weighted by Crippen LogP contribution is 2.60. The molecule has 0 unspecified atom stereocenters. The van der Waals surface area contributed by atoms with E-state index in [1.807, 2.05) is 12.1 Å². The Morgan fingerprint density at radius 3 is 2.17 bits per heavy atom. The summed E-state index contributed by atoms with van der Waals surface area (Å²) in [7, 11) is 0. The van der Waals surface area contributed by atoms with Crippen LogP contribution in [-0.4, -0.2) is 42.7 Å². The zero-order chi connectivity index (χ0) is 20.1. The summed E-state index contributed by atoms with van der Waals surface area (Å²) in [5.41, 5.74) is 1.39. The van der Waals surface area contributed by atoms with Crippen molar-refractivity contribution < 1.29 is 9.53 Å². The van der Waals surface area contributed by atoms with Gasteiger partial charge in [-0.2, -0.15) is 0 Å². The van der Waals surface area contributed by atoms with Gasteiger partial charge in [0, 0.05) is 45.9 Å². The van der Waals surface area contributed by atoms with E-state index in [9.17, 15) is 4.79 Å². The standard InChI is InChI=1S/C22H23Cl2N3O2/c23-15-1-5-18(6-2-15)27-9-17(10-27)25-21-12-22(13-21,14-21)26-20(28)11-29-19-7-3-16(24)4-8-19/h1-8,17,25H,9-14H2,(H,26,28). The van der Waals surface area contributed by atoms with Gasteiger partial charge in [-0.3, -0.25) is 4.79 Å². The van der Waals surface area contributed by atoms with E-state index in [4.69, 9.17) is 27.9 Å². The van der Waals surface area contributed by atoms with Crippen LogP contribution in [0.5, 0.6) is 5.75 Å². The van der Waals surface area contributed by atoms with Gasteiger partial charge in [0.2, 0.25) is 0 Å². The quantitative estimate of drug-likeness (QED) is 0.702. The minimum atomic E-state index is -0.0641. The van der Waals surface area contributed by atoms with E-state index in [0.717, 1.165) is 37.4 Å². The monoisotopic (exact) mass is 431 g/mol. The minimum Gasteiger partial charge on any atom is -0.484 e. The Kier molecular flexibility index (Phi) is 4.65. The molecule has 4 fully saturated rings. The molecule has 0 atom stereocenters. The Hall–Kier alpha value is -1.95. The number of rotatable bonds is 7. The Labute approximate surface area is 180 Å². The number of anilines is 1. The predicted octanol–water partition coefficient (Wildman–Crippen LogP) is 3.64. The molecule has 1 saturated heterocycles.